The lowest BCUT2D eigenvalue weighted by Crippen LogP contribution is -2.33. The van der Waals surface area contributed by atoms with Crippen molar-refractivity contribution in [3.8, 4) is 5.75 Å². The van der Waals surface area contributed by atoms with Crippen LogP contribution in [0.3, 0.4) is 0 Å². The maximum Gasteiger partial charge on any atom is 0.259 e. The van der Waals surface area contributed by atoms with Crippen LogP contribution in [0.4, 0.5) is 5.69 Å². The first-order valence-corrected chi connectivity index (χ1v) is 9.71. The molecule has 8 heteroatoms. The summed E-state index contributed by atoms with van der Waals surface area (Å²) in [5.41, 5.74) is 0.749. The van der Waals surface area contributed by atoms with Crippen LogP contribution >= 0.6 is 11.6 Å². The molecular weight excluding hydrogens is 376 g/mol. The molecule has 1 amide bonds. The van der Waals surface area contributed by atoms with Gasteiger partial charge >= 0.3 is 0 Å². The third-order valence-electron chi connectivity index (χ3n) is 3.92. The number of carbonyl (C=O) groups excluding carboxylic acids is 1. The minimum atomic E-state index is -3.57. The van der Waals surface area contributed by atoms with E-state index in [1.807, 2.05) is 0 Å². The first-order chi connectivity index (χ1) is 12.2. The van der Waals surface area contributed by atoms with E-state index in [9.17, 15) is 13.2 Å². The number of halogens is 1. The monoisotopic (exact) mass is 396 g/mol. The van der Waals surface area contributed by atoms with E-state index >= 15 is 0 Å². The summed E-state index contributed by atoms with van der Waals surface area (Å²) in [6, 6.07) is 10.6. The van der Waals surface area contributed by atoms with Crippen molar-refractivity contribution >= 4 is 33.2 Å². The van der Waals surface area contributed by atoms with Crippen molar-refractivity contribution < 1.29 is 17.9 Å². The Morgan fingerprint density at radius 2 is 1.77 bits per heavy atom. The zero-order valence-electron chi connectivity index (χ0n) is 15.0. The summed E-state index contributed by atoms with van der Waals surface area (Å²) in [6.07, 6.45) is 0. The molecule has 0 saturated carbocycles. The third kappa shape index (κ3) is 4.35. The quantitative estimate of drug-likeness (QED) is 0.808. The van der Waals surface area contributed by atoms with Crippen LogP contribution in [0.15, 0.2) is 47.4 Å². The lowest BCUT2D eigenvalue weighted by molar-refractivity contribution is 0.102. The van der Waals surface area contributed by atoms with Crippen molar-refractivity contribution in [2.24, 2.45) is 0 Å². The Bertz CT molecular complexity index is 896. The smallest absolute Gasteiger partial charge is 0.259 e. The normalized spacial score (nSPS) is 11.7. The molecule has 26 heavy (non-hydrogen) atoms. The van der Waals surface area contributed by atoms with Gasteiger partial charge in [0.05, 0.1) is 17.6 Å². The van der Waals surface area contributed by atoms with Gasteiger partial charge in [0.15, 0.2) is 0 Å². The number of carbonyl (C=O) groups is 1. The number of amides is 1. The molecule has 2 aromatic rings. The molecule has 0 saturated heterocycles. The molecule has 2 aromatic carbocycles. The van der Waals surface area contributed by atoms with Crippen LogP contribution in [0, 0.1) is 0 Å². The van der Waals surface area contributed by atoms with Gasteiger partial charge in [0.25, 0.3) is 5.91 Å². The molecule has 0 bridgehead atoms. The molecule has 0 fully saturated rings. The number of anilines is 1. The van der Waals surface area contributed by atoms with Crippen LogP contribution in [0.1, 0.15) is 24.2 Å². The number of nitrogens with one attached hydrogen (secondary N) is 1. The van der Waals surface area contributed by atoms with E-state index in [4.69, 9.17) is 16.3 Å². The third-order valence-corrected chi connectivity index (χ3v) is 6.21. The topological polar surface area (TPSA) is 75.7 Å². The average molecular weight is 397 g/mol. The zero-order chi connectivity index (χ0) is 19.5. The first kappa shape index (κ1) is 20.2. The fourth-order valence-corrected chi connectivity index (χ4v) is 3.75. The molecule has 0 aromatic heterocycles. The van der Waals surface area contributed by atoms with Crippen LogP contribution < -0.4 is 10.1 Å². The zero-order valence-corrected chi connectivity index (χ0v) is 16.6. The van der Waals surface area contributed by atoms with Gasteiger partial charge in [0, 0.05) is 23.8 Å². The molecule has 0 aliphatic rings. The van der Waals surface area contributed by atoms with Gasteiger partial charge in [0.1, 0.15) is 5.75 Å². The highest BCUT2D eigenvalue weighted by Gasteiger charge is 2.23. The van der Waals surface area contributed by atoms with Crippen LogP contribution in [0.5, 0.6) is 5.75 Å². The van der Waals surface area contributed by atoms with Gasteiger partial charge in [-0.1, -0.05) is 11.6 Å². The van der Waals surface area contributed by atoms with Crippen molar-refractivity contribution in [1.29, 1.82) is 0 Å². The first-order valence-electron chi connectivity index (χ1n) is 7.90. The van der Waals surface area contributed by atoms with E-state index in [0.717, 1.165) is 0 Å². The second-order valence-corrected chi connectivity index (χ2v) is 8.37. The Morgan fingerprint density at radius 3 is 2.31 bits per heavy atom. The molecule has 0 aliphatic carbocycles. The Hall–Kier alpha value is -2.09. The molecule has 1 N–H and O–H groups in total. The van der Waals surface area contributed by atoms with Crippen LogP contribution in [0.25, 0.3) is 0 Å². The van der Waals surface area contributed by atoms with Gasteiger partial charge in [-0.2, -0.15) is 4.31 Å². The summed E-state index contributed by atoms with van der Waals surface area (Å²) in [4.78, 5) is 12.6. The highest BCUT2D eigenvalue weighted by Crippen LogP contribution is 2.24. The molecular formula is C18H21ClN2O4S. The summed E-state index contributed by atoms with van der Waals surface area (Å²) in [5, 5.41) is 3.12. The molecule has 6 nitrogen and oxygen atoms in total. The summed E-state index contributed by atoms with van der Waals surface area (Å²) < 4.78 is 31.4. The van der Waals surface area contributed by atoms with E-state index in [1.165, 1.54) is 48.8 Å². The largest absolute Gasteiger partial charge is 0.496 e. The Morgan fingerprint density at radius 1 is 1.15 bits per heavy atom. The van der Waals surface area contributed by atoms with Crippen LogP contribution in [-0.4, -0.2) is 38.8 Å². The van der Waals surface area contributed by atoms with Gasteiger partial charge in [-0.05, 0) is 56.3 Å². The number of ether oxygens (including phenoxy) is 1. The molecule has 0 aliphatic heterocycles. The minimum Gasteiger partial charge on any atom is -0.496 e. The summed E-state index contributed by atoms with van der Waals surface area (Å²) in [6.45, 7) is 3.59. The van der Waals surface area contributed by atoms with Crippen molar-refractivity contribution in [2.75, 3.05) is 19.5 Å². The van der Waals surface area contributed by atoms with Gasteiger partial charge < -0.3 is 10.1 Å². The minimum absolute atomic E-state index is 0.158. The lowest BCUT2D eigenvalue weighted by atomic mass is 10.2. The van der Waals surface area contributed by atoms with E-state index < -0.39 is 15.9 Å². The van der Waals surface area contributed by atoms with Crippen LogP contribution in [-0.2, 0) is 10.0 Å². The van der Waals surface area contributed by atoms with E-state index in [1.54, 1.807) is 26.0 Å². The van der Waals surface area contributed by atoms with Crippen LogP contribution in [0.2, 0.25) is 5.02 Å². The molecule has 140 valence electrons. The van der Waals surface area contributed by atoms with E-state index in [2.05, 4.69) is 5.32 Å². The SMILES string of the molecule is COc1ccc(Cl)cc1C(=O)Nc1ccc(S(=O)(=O)N(C)C(C)C)cc1. The number of hydrogen-bond donors (Lipinski definition) is 1. The number of nitrogens with zero attached hydrogens (tertiary/aromatic N) is 1. The van der Waals surface area contributed by atoms with Gasteiger partial charge in [-0.25, -0.2) is 8.42 Å². The van der Waals surface area contributed by atoms with Crippen molar-refractivity contribution in [1.82, 2.24) is 4.31 Å². The number of hydrogen-bond acceptors (Lipinski definition) is 4. The summed E-state index contributed by atoms with van der Waals surface area (Å²) in [5.74, 6) is -0.0103. The highest BCUT2D eigenvalue weighted by atomic mass is 35.5. The molecule has 0 spiro atoms. The molecule has 2 rings (SSSR count). The fraction of sp³-hybridized carbons (Fsp3) is 0.278. The summed E-state index contributed by atoms with van der Waals surface area (Å²) >= 11 is 5.94. The predicted molar refractivity (Wildman–Crippen MR) is 102 cm³/mol. The number of rotatable bonds is 6. The second kappa shape index (κ2) is 8.07. The predicted octanol–water partition coefficient (Wildman–Crippen LogP) is 3.63. The fourth-order valence-electron chi connectivity index (χ4n) is 2.21. The standard InChI is InChI=1S/C18H21ClN2O4S/c1-12(2)21(3)26(23,24)15-8-6-14(7-9-15)20-18(22)16-11-13(19)5-10-17(16)25-4/h5-12H,1-4H3,(H,20,22). The van der Waals surface area contributed by atoms with Crippen molar-refractivity contribution in [3.05, 3.63) is 53.1 Å². The van der Waals surface area contributed by atoms with Gasteiger partial charge in [-0.15, -0.1) is 0 Å². The maximum atomic E-state index is 12.5. The molecule has 0 heterocycles. The Balaban J connectivity index is 2.22. The average Bonchev–Trinajstić information content (AvgIpc) is 2.61. The molecule has 0 unspecified atom stereocenters. The highest BCUT2D eigenvalue weighted by molar-refractivity contribution is 7.89. The van der Waals surface area contributed by atoms with Crippen molar-refractivity contribution in [2.45, 2.75) is 24.8 Å². The van der Waals surface area contributed by atoms with Gasteiger partial charge in [0.2, 0.25) is 10.0 Å². The Kier molecular flexibility index (Phi) is 6.28. The second-order valence-electron chi connectivity index (χ2n) is 5.94. The summed E-state index contributed by atoms with van der Waals surface area (Å²) in [7, 11) is -0.577. The van der Waals surface area contributed by atoms with E-state index in [-0.39, 0.29) is 16.5 Å². The van der Waals surface area contributed by atoms with Crippen molar-refractivity contribution in [3.63, 3.8) is 0 Å². The number of sulfonamides is 1. The molecule has 0 atom stereocenters. The van der Waals surface area contributed by atoms with E-state index in [0.29, 0.717) is 16.5 Å². The number of benzene rings is 2. The Labute approximate surface area is 158 Å². The molecule has 0 radical (unpaired) electrons. The lowest BCUT2D eigenvalue weighted by Gasteiger charge is -2.21. The van der Waals surface area contributed by atoms with Gasteiger partial charge in [-0.3, -0.25) is 4.79 Å². The maximum absolute atomic E-state index is 12.5. The number of methoxy groups -OCH3 is 1.